The Labute approximate surface area is 88.5 Å². The van der Waals surface area contributed by atoms with Crippen molar-refractivity contribution in [2.45, 2.75) is 0 Å². The van der Waals surface area contributed by atoms with Gasteiger partial charge in [0.15, 0.2) is 0 Å². The Morgan fingerprint density at radius 1 is 1.55 bits per heavy atom. The summed E-state index contributed by atoms with van der Waals surface area (Å²) in [6.45, 7) is 0. The van der Waals surface area contributed by atoms with E-state index in [1.807, 2.05) is 0 Å². The van der Waals surface area contributed by atoms with Gasteiger partial charge < -0.3 is 9.11 Å². The first-order chi connectivity index (χ1) is 4.29. The summed E-state index contributed by atoms with van der Waals surface area (Å²) >= 11 is -2.86. The van der Waals surface area contributed by atoms with Crippen molar-refractivity contribution in [2.24, 2.45) is 0 Å². The van der Waals surface area contributed by atoms with Crippen LogP contribution in [0.25, 0.3) is 0 Å². The summed E-state index contributed by atoms with van der Waals surface area (Å²) in [5, 5.41) is 0. The maximum Gasteiger partial charge on any atom is 1.00 e. The van der Waals surface area contributed by atoms with Crippen LogP contribution in [-0.2, 0) is 25.9 Å². The topological polar surface area (TPSA) is 124 Å². The standard InChI is InChI=1S/CH4O4S.Na.H2O3S/c1-5-6(2,3)4;;1-4(2)3/h1H3,(H,2,3,4);;(H2,1,2,3)/q;+1;/p-1. The smallest absolute Gasteiger partial charge is 0.750 e. The van der Waals surface area contributed by atoms with E-state index in [4.69, 9.17) is 17.9 Å². The summed E-state index contributed by atoms with van der Waals surface area (Å²) in [5.41, 5.74) is 0. The van der Waals surface area contributed by atoms with Gasteiger partial charge in [0.1, 0.15) is 0 Å². The fourth-order valence-corrected chi connectivity index (χ4v) is 0. The van der Waals surface area contributed by atoms with Crippen LogP contribution in [0, 0.1) is 0 Å². The minimum absolute atomic E-state index is 0. The first-order valence-corrected chi connectivity index (χ1v) is 4.00. The Kier molecular flexibility index (Phi) is 14.7. The quantitative estimate of drug-likeness (QED) is 0.258. The van der Waals surface area contributed by atoms with Gasteiger partial charge in [-0.2, -0.15) is 8.42 Å². The molecular weight excluding hydrogens is 211 g/mol. The van der Waals surface area contributed by atoms with E-state index < -0.39 is 21.8 Å². The molecule has 1 unspecified atom stereocenters. The molecule has 0 aromatic carbocycles. The molecule has 64 valence electrons. The summed E-state index contributed by atoms with van der Waals surface area (Å²) in [7, 11) is -3.29. The SMILES string of the molecule is COS(=O)(=O)O.O=S([O-])O.[Na+]. The molecule has 0 fully saturated rings. The van der Waals surface area contributed by atoms with Crippen molar-refractivity contribution < 1.29 is 60.0 Å². The Balaban J connectivity index is -0.000000114. The fourth-order valence-electron chi connectivity index (χ4n) is 0. The van der Waals surface area contributed by atoms with E-state index in [1.165, 1.54) is 0 Å². The second kappa shape index (κ2) is 9.03. The van der Waals surface area contributed by atoms with Gasteiger partial charge in [-0.3, -0.25) is 8.74 Å². The normalized spacial score (nSPS) is 12.0. The summed E-state index contributed by atoms with van der Waals surface area (Å²) in [5.74, 6) is 0. The maximum absolute atomic E-state index is 9.33. The van der Waals surface area contributed by atoms with E-state index in [9.17, 15) is 8.42 Å². The van der Waals surface area contributed by atoms with E-state index in [0.717, 1.165) is 7.11 Å². The van der Waals surface area contributed by atoms with Crippen molar-refractivity contribution >= 4 is 21.8 Å². The molecule has 0 radical (unpaired) electrons. The third kappa shape index (κ3) is 56.3. The molecule has 0 saturated carbocycles. The molecule has 0 aliphatic heterocycles. The zero-order valence-corrected chi connectivity index (χ0v) is 9.39. The second-order valence-corrected chi connectivity index (χ2v) is 2.43. The average molecular weight is 216 g/mol. The van der Waals surface area contributed by atoms with Gasteiger partial charge in [-0.15, -0.1) is 0 Å². The van der Waals surface area contributed by atoms with Crippen LogP contribution in [0.2, 0.25) is 0 Å². The third-order valence-electron chi connectivity index (χ3n) is 0.211. The summed E-state index contributed by atoms with van der Waals surface area (Å²) in [4.78, 5) is 0. The zero-order chi connectivity index (χ0) is 8.78. The Hall–Kier alpha value is 0.940. The van der Waals surface area contributed by atoms with Gasteiger partial charge >= 0.3 is 40.0 Å². The monoisotopic (exact) mass is 216 g/mol. The minimum Gasteiger partial charge on any atom is -0.750 e. The van der Waals surface area contributed by atoms with E-state index in [1.54, 1.807) is 0 Å². The average Bonchev–Trinajstić information content (AvgIpc) is 1.63. The summed E-state index contributed by atoms with van der Waals surface area (Å²) in [6, 6.07) is 0. The molecule has 0 bridgehead atoms. The van der Waals surface area contributed by atoms with Crippen molar-refractivity contribution in [1.82, 2.24) is 0 Å². The molecule has 0 aromatic heterocycles. The van der Waals surface area contributed by atoms with E-state index in [-0.39, 0.29) is 29.6 Å². The van der Waals surface area contributed by atoms with Gasteiger partial charge in [0.2, 0.25) is 0 Å². The van der Waals surface area contributed by atoms with Crippen molar-refractivity contribution in [1.29, 1.82) is 0 Å². The first-order valence-electron chi connectivity index (χ1n) is 1.61. The predicted molar refractivity (Wildman–Crippen MR) is 30.1 cm³/mol. The molecule has 0 saturated heterocycles. The molecule has 10 heteroatoms. The van der Waals surface area contributed by atoms with Crippen LogP contribution in [0.15, 0.2) is 0 Å². The van der Waals surface area contributed by atoms with Crippen LogP contribution >= 0.6 is 0 Å². The van der Waals surface area contributed by atoms with Gasteiger partial charge in [0, 0.05) is 0 Å². The van der Waals surface area contributed by atoms with Gasteiger partial charge in [0.25, 0.3) is 0 Å². The third-order valence-corrected chi connectivity index (χ3v) is 0.632. The molecule has 0 amide bonds. The summed E-state index contributed by atoms with van der Waals surface area (Å²) in [6.07, 6.45) is 0. The largest absolute Gasteiger partial charge is 1.00 e. The number of hydrogen-bond acceptors (Lipinski definition) is 5. The maximum atomic E-state index is 9.33. The second-order valence-electron chi connectivity index (χ2n) is 0.812. The first kappa shape index (κ1) is 17.9. The van der Waals surface area contributed by atoms with E-state index in [2.05, 4.69) is 4.18 Å². The molecule has 0 aromatic rings. The Morgan fingerprint density at radius 3 is 1.64 bits per heavy atom. The van der Waals surface area contributed by atoms with Crippen molar-refractivity contribution in [2.75, 3.05) is 7.11 Å². The Morgan fingerprint density at radius 2 is 1.64 bits per heavy atom. The van der Waals surface area contributed by atoms with Crippen molar-refractivity contribution in [3.05, 3.63) is 0 Å². The van der Waals surface area contributed by atoms with Crippen LogP contribution in [0.3, 0.4) is 0 Å². The molecule has 0 aliphatic carbocycles. The molecule has 0 spiro atoms. The molecule has 7 nitrogen and oxygen atoms in total. The minimum atomic E-state index is -4.16. The molecule has 2 N–H and O–H groups in total. The molecule has 0 heterocycles. The van der Waals surface area contributed by atoms with Crippen LogP contribution in [-0.4, -0.2) is 33.4 Å². The van der Waals surface area contributed by atoms with Crippen LogP contribution in [0.4, 0.5) is 0 Å². The predicted octanol–water partition coefficient (Wildman–Crippen LogP) is -4.22. The van der Waals surface area contributed by atoms with E-state index in [0.29, 0.717) is 0 Å². The molecule has 1 atom stereocenters. The van der Waals surface area contributed by atoms with Crippen LogP contribution in [0.1, 0.15) is 0 Å². The van der Waals surface area contributed by atoms with Crippen LogP contribution < -0.4 is 29.6 Å². The molecular formula is CH5NaO7S2. The van der Waals surface area contributed by atoms with Gasteiger partial charge in [0.05, 0.1) is 18.5 Å². The van der Waals surface area contributed by atoms with E-state index >= 15 is 0 Å². The van der Waals surface area contributed by atoms with Crippen LogP contribution in [0.5, 0.6) is 0 Å². The fraction of sp³-hybridized carbons (Fsp3) is 1.00. The zero-order valence-electron chi connectivity index (χ0n) is 5.75. The molecule has 0 aliphatic rings. The number of rotatable bonds is 1. The van der Waals surface area contributed by atoms with Crippen molar-refractivity contribution in [3.63, 3.8) is 0 Å². The summed E-state index contributed by atoms with van der Waals surface area (Å²) < 4.78 is 53.8. The van der Waals surface area contributed by atoms with Gasteiger partial charge in [-0.1, -0.05) is 0 Å². The molecule has 11 heavy (non-hydrogen) atoms. The Bertz CT molecular complexity index is 179. The van der Waals surface area contributed by atoms with Gasteiger partial charge in [-0.05, 0) is 0 Å². The number of hydrogen-bond donors (Lipinski definition) is 2. The van der Waals surface area contributed by atoms with Gasteiger partial charge in [-0.25, -0.2) is 4.21 Å². The molecule has 0 rings (SSSR count). The van der Waals surface area contributed by atoms with Crippen molar-refractivity contribution in [3.8, 4) is 0 Å².